The van der Waals surface area contributed by atoms with Gasteiger partial charge in [-0.05, 0) is 12.8 Å². The van der Waals surface area contributed by atoms with Crippen molar-refractivity contribution in [3.05, 3.63) is 0 Å². The highest BCUT2D eigenvalue weighted by atomic mass is 32.3. The zero-order valence-corrected chi connectivity index (χ0v) is 16.2. The molecule has 144 valence electrons. The number of carbonyl (C=O) groups is 1. The quantitative estimate of drug-likeness (QED) is 0.597. The molecule has 0 aromatic rings. The van der Waals surface area contributed by atoms with Crippen LogP contribution in [0.1, 0.15) is 59.8 Å². The number of rotatable bonds is 7. The van der Waals surface area contributed by atoms with Gasteiger partial charge in [-0.25, -0.2) is 3.63 Å². The third-order valence-electron chi connectivity index (χ3n) is 4.52. The molecule has 0 atom stereocenters. The smallest absolute Gasteiger partial charge is 0.298 e. The monoisotopic (exact) mass is 392 g/mol. The van der Waals surface area contributed by atoms with Gasteiger partial charge in [0.25, 0.3) is 0 Å². The van der Waals surface area contributed by atoms with Crippen molar-refractivity contribution < 1.29 is 30.0 Å². The van der Waals surface area contributed by atoms with Crippen molar-refractivity contribution in [2.75, 3.05) is 5.75 Å². The van der Waals surface area contributed by atoms with E-state index >= 15 is 0 Å². The van der Waals surface area contributed by atoms with E-state index in [0.29, 0.717) is 0 Å². The minimum absolute atomic E-state index is 0.163. The Bertz CT molecular complexity index is 527. The highest BCUT2D eigenvalue weighted by Gasteiger charge is 2.53. The number of Topliss-reactive ketones (excluding diaryl/α,β-unsaturated/α-hetero) is 1. The van der Waals surface area contributed by atoms with E-state index in [1.54, 1.807) is 27.7 Å². The van der Waals surface area contributed by atoms with E-state index < -0.39 is 36.4 Å². The maximum atomic E-state index is 12.8. The zero-order valence-electron chi connectivity index (χ0n) is 14.6. The summed E-state index contributed by atoms with van der Waals surface area (Å²) in [5.41, 5.74) is -5.48. The van der Waals surface area contributed by atoms with Crippen LogP contribution in [0.2, 0.25) is 0 Å². The molecule has 0 spiro atoms. The number of hydrogen-bond acceptors (Lipinski definition) is 4. The number of ketones is 1. The molecule has 0 unspecified atom stereocenters. The Balaban J connectivity index is 3.13. The minimum atomic E-state index is -5.74. The predicted molar refractivity (Wildman–Crippen MR) is 90.4 cm³/mol. The summed E-state index contributed by atoms with van der Waals surface area (Å²) < 4.78 is 66.4. The van der Waals surface area contributed by atoms with Crippen LogP contribution in [-0.4, -0.2) is 36.0 Å². The summed E-state index contributed by atoms with van der Waals surface area (Å²) in [6.45, 7) is 6.48. The molecule has 1 rings (SSSR count). The number of hydrogen-bond donors (Lipinski definition) is 0. The Morgan fingerprint density at radius 3 is 1.88 bits per heavy atom. The molecular formula is C15H27F3O4S2. The molecule has 1 aliphatic carbocycles. The summed E-state index contributed by atoms with van der Waals surface area (Å²) in [5.74, 6) is -0.590. The molecule has 1 fully saturated rings. The Morgan fingerprint density at radius 2 is 1.50 bits per heavy atom. The lowest BCUT2D eigenvalue weighted by molar-refractivity contribution is -0.121. The standard InChI is InChI=1S/C15H27F3O4S2/c1-11(2)23(12(3)4,22-24(20,21)15(16,17)18)10-14(19)13-8-6-5-7-9-13/h11-13H,5-10H2,1-4H3. The third kappa shape index (κ3) is 4.88. The molecule has 1 aliphatic rings. The second-order valence-corrected chi connectivity index (χ2v) is 12.4. The Hall–Kier alpha value is -0.280. The molecule has 0 aliphatic heterocycles. The van der Waals surface area contributed by atoms with Crippen LogP contribution in [0.25, 0.3) is 0 Å². The van der Waals surface area contributed by atoms with Crippen molar-refractivity contribution in [3.63, 3.8) is 0 Å². The van der Waals surface area contributed by atoms with E-state index in [4.69, 9.17) is 3.63 Å². The van der Waals surface area contributed by atoms with Gasteiger partial charge >= 0.3 is 15.6 Å². The molecule has 0 bridgehead atoms. The maximum absolute atomic E-state index is 12.8. The van der Waals surface area contributed by atoms with Crippen molar-refractivity contribution in [1.29, 1.82) is 0 Å². The predicted octanol–water partition coefficient (Wildman–Crippen LogP) is 4.54. The molecule has 9 heteroatoms. The van der Waals surface area contributed by atoms with E-state index in [1.165, 1.54) is 0 Å². The zero-order chi connectivity index (χ0) is 18.8. The van der Waals surface area contributed by atoms with E-state index in [-0.39, 0.29) is 17.5 Å². The van der Waals surface area contributed by atoms with Crippen molar-refractivity contribution in [1.82, 2.24) is 0 Å². The summed E-state index contributed by atoms with van der Waals surface area (Å²) in [4.78, 5) is 12.6. The Morgan fingerprint density at radius 1 is 1.04 bits per heavy atom. The Labute approximate surface area is 144 Å². The summed E-state index contributed by atoms with van der Waals surface area (Å²) in [7, 11) is -8.51. The highest BCUT2D eigenvalue weighted by molar-refractivity contribution is 8.34. The van der Waals surface area contributed by atoms with Gasteiger partial charge in [-0.2, -0.15) is 21.6 Å². The van der Waals surface area contributed by atoms with Crippen LogP contribution in [0.3, 0.4) is 0 Å². The fourth-order valence-corrected chi connectivity index (χ4v) is 8.56. The minimum Gasteiger partial charge on any atom is -0.298 e. The summed E-state index contributed by atoms with van der Waals surface area (Å²) in [6, 6.07) is 0. The van der Waals surface area contributed by atoms with Gasteiger partial charge in [0.15, 0.2) is 0 Å². The van der Waals surface area contributed by atoms with Crippen LogP contribution in [0.5, 0.6) is 0 Å². The molecule has 24 heavy (non-hydrogen) atoms. The summed E-state index contributed by atoms with van der Waals surface area (Å²) in [6.07, 6.45) is 4.33. The van der Waals surface area contributed by atoms with E-state index in [1.807, 2.05) is 0 Å². The van der Waals surface area contributed by atoms with Gasteiger partial charge in [0.05, 0.1) is 5.75 Å². The molecule has 0 aromatic carbocycles. The SMILES string of the molecule is CC(C)S(CC(=O)C1CCCCC1)(OS(=O)(=O)C(F)(F)F)C(C)C. The van der Waals surface area contributed by atoms with Crippen LogP contribution in [-0.2, 0) is 18.5 Å². The first kappa shape index (κ1) is 21.8. The normalized spacial score (nSPS) is 19.0. The first-order valence-corrected chi connectivity index (χ1v) is 11.4. The second-order valence-electron chi connectivity index (χ2n) is 6.79. The van der Waals surface area contributed by atoms with Gasteiger partial charge in [-0.3, -0.25) is 4.79 Å². The summed E-state index contributed by atoms with van der Waals surface area (Å²) >= 11 is 0. The lowest BCUT2D eigenvalue weighted by Crippen LogP contribution is -2.37. The van der Waals surface area contributed by atoms with Gasteiger partial charge in [0, 0.05) is 16.4 Å². The lowest BCUT2D eigenvalue weighted by Gasteiger charge is -2.45. The maximum Gasteiger partial charge on any atom is 0.523 e. The molecule has 0 aromatic heterocycles. The molecule has 0 heterocycles. The van der Waals surface area contributed by atoms with Crippen molar-refractivity contribution in [2.24, 2.45) is 5.92 Å². The van der Waals surface area contributed by atoms with Gasteiger partial charge in [-0.1, -0.05) is 47.0 Å². The van der Waals surface area contributed by atoms with E-state index in [9.17, 15) is 26.4 Å². The topological polar surface area (TPSA) is 60.4 Å². The van der Waals surface area contributed by atoms with Crippen LogP contribution in [0.15, 0.2) is 0 Å². The third-order valence-corrected chi connectivity index (χ3v) is 10.7. The fourth-order valence-electron chi connectivity index (χ4n) is 3.03. The van der Waals surface area contributed by atoms with Gasteiger partial charge in [0.1, 0.15) is 5.78 Å². The second kappa shape index (κ2) is 7.95. The molecule has 0 amide bonds. The average molecular weight is 393 g/mol. The number of alkyl halides is 3. The number of carbonyl (C=O) groups excluding carboxylic acids is 1. The molecule has 0 saturated heterocycles. The van der Waals surface area contributed by atoms with Crippen LogP contribution >= 0.6 is 10.3 Å². The van der Waals surface area contributed by atoms with Gasteiger partial charge in [-0.15, -0.1) is 10.3 Å². The average Bonchev–Trinajstić information content (AvgIpc) is 2.45. The van der Waals surface area contributed by atoms with Crippen LogP contribution in [0, 0.1) is 5.92 Å². The van der Waals surface area contributed by atoms with Gasteiger partial charge in [0.2, 0.25) is 0 Å². The van der Waals surface area contributed by atoms with Crippen molar-refractivity contribution in [3.8, 4) is 0 Å². The molecule has 0 radical (unpaired) electrons. The first-order chi connectivity index (χ1) is 10.8. The Kier molecular flexibility index (Phi) is 7.21. The van der Waals surface area contributed by atoms with E-state index in [0.717, 1.165) is 32.1 Å². The molecule has 0 N–H and O–H groups in total. The van der Waals surface area contributed by atoms with Gasteiger partial charge < -0.3 is 0 Å². The largest absolute Gasteiger partial charge is 0.523 e. The van der Waals surface area contributed by atoms with Crippen molar-refractivity contribution in [2.45, 2.75) is 75.8 Å². The number of halogens is 3. The molecule has 1 saturated carbocycles. The van der Waals surface area contributed by atoms with E-state index in [2.05, 4.69) is 0 Å². The molecular weight excluding hydrogens is 365 g/mol. The fraction of sp³-hybridized carbons (Fsp3) is 0.933. The van der Waals surface area contributed by atoms with Crippen molar-refractivity contribution >= 4 is 26.2 Å². The molecule has 4 nitrogen and oxygen atoms in total. The van der Waals surface area contributed by atoms with Crippen LogP contribution < -0.4 is 0 Å². The van der Waals surface area contributed by atoms with Crippen LogP contribution in [0.4, 0.5) is 13.2 Å². The lowest BCUT2D eigenvalue weighted by atomic mass is 9.87. The highest BCUT2D eigenvalue weighted by Crippen LogP contribution is 2.60. The summed E-state index contributed by atoms with van der Waals surface area (Å²) in [5, 5.41) is -0.968. The first-order valence-electron chi connectivity index (χ1n) is 8.17.